The first-order valence-electron chi connectivity index (χ1n) is 9.71. The van der Waals surface area contributed by atoms with Crippen molar-refractivity contribution in [3.05, 3.63) is 113 Å². The highest BCUT2D eigenvalue weighted by Gasteiger charge is 2.13. The molecular formula is C26H18N2O2. The second kappa shape index (κ2) is 7.33. The molecule has 0 aliphatic rings. The summed E-state index contributed by atoms with van der Waals surface area (Å²) < 4.78 is 0. The van der Waals surface area contributed by atoms with E-state index in [0.29, 0.717) is 22.2 Å². The number of nitrogens with one attached hydrogen (secondary N) is 2. The first-order chi connectivity index (χ1) is 14.7. The molecule has 0 aliphatic carbocycles. The topological polar surface area (TPSA) is 62.0 Å². The van der Waals surface area contributed by atoms with E-state index in [1.165, 1.54) is 0 Å². The number of rotatable bonds is 3. The second-order valence-corrected chi connectivity index (χ2v) is 7.13. The molecule has 0 atom stereocenters. The lowest BCUT2D eigenvalue weighted by molar-refractivity contribution is 0.102. The molecule has 30 heavy (non-hydrogen) atoms. The van der Waals surface area contributed by atoms with Gasteiger partial charge in [-0.2, -0.15) is 0 Å². The van der Waals surface area contributed by atoms with Gasteiger partial charge in [-0.15, -0.1) is 0 Å². The highest BCUT2D eigenvalue weighted by molar-refractivity contribution is 6.10. The van der Waals surface area contributed by atoms with Gasteiger partial charge in [-0.1, -0.05) is 72.8 Å². The number of pyridine rings is 1. The molecule has 0 aliphatic heterocycles. The number of hydrogen-bond acceptors (Lipinski definition) is 2. The number of anilines is 1. The van der Waals surface area contributed by atoms with Crippen LogP contribution in [0.3, 0.4) is 0 Å². The van der Waals surface area contributed by atoms with Crippen molar-refractivity contribution in [3.63, 3.8) is 0 Å². The molecule has 0 radical (unpaired) electrons. The minimum atomic E-state index is -0.197. The van der Waals surface area contributed by atoms with Crippen molar-refractivity contribution in [2.75, 3.05) is 5.32 Å². The van der Waals surface area contributed by atoms with E-state index in [9.17, 15) is 9.59 Å². The van der Waals surface area contributed by atoms with E-state index >= 15 is 0 Å². The van der Waals surface area contributed by atoms with Crippen molar-refractivity contribution in [2.45, 2.75) is 0 Å². The molecular weight excluding hydrogens is 372 g/mol. The number of aromatic amines is 1. The van der Waals surface area contributed by atoms with Crippen molar-refractivity contribution >= 4 is 33.3 Å². The van der Waals surface area contributed by atoms with Crippen LogP contribution in [-0.4, -0.2) is 10.9 Å². The van der Waals surface area contributed by atoms with Crippen molar-refractivity contribution in [3.8, 4) is 11.1 Å². The first kappa shape index (κ1) is 17.9. The molecule has 144 valence electrons. The fourth-order valence-corrected chi connectivity index (χ4v) is 3.81. The molecule has 4 nitrogen and oxygen atoms in total. The third kappa shape index (κ3) is 3.14. The number of H-pyrrole nitrogens is 1. The van der Waals surface area contributed by atoms with Crippen LogP contribution in [-0.2, 0) is 0 Å². The summed E-state index contributed by atoms with van der Waals surface area (Å²) in [7, 11) is 0. The van der Waals surface area contributed by atoms with Crippen LogP contribution in [0.4, 0.5) is 5.69 Å². The van der Waals surface area contributed by atoms with Gasteiger partial charge in [0.25, 0.3) is 11.5 Å². The van der Waals surface area contributed by atoms with Crippen molar-refractivity contribution in [1.29, 1.82) is 0 Å². The molecule has 0 spiro atoms. The smallest absolute Gasteiger partial charge is 0.256 e. The van der Waals surface area contributed by atoms with Crippen molar-refractivity contribution < 1.29 is 4.79 Å². The van der Waals surface area contributed by atoms with E-state index in [1.807, 2.05) is 91.0 Å². The fraction of sp³-hybridized carbons (Fsp3) is 0. The molecule has 0 fully saturated rings. The van der Waals surface area contributed by atoms with Crippen LogP contribution < -0.4 is 10.9 Å². The molecule has 0 bridgehead atoms. The number of amides is 1. The number of hydrogen-bond donors (Lipinski definition) is 2. The maximum atomic E-state index is 13.0. The van der Waals surface area contributed by atoms with Gasteiger partial charge in [-0.25, -0.2) is 0 Å². The maximum Gasteiger partial charge on any atom is 0.256 e. The normalized spacial score (nSPS) is 10.9. The molecule has 0 unspecified atom stereocenters. The summed E-state index contributed by atoms with van der Waals surface area (Å²) in [4.78, 5) is 28.4. The van der Waals surface area contributed by atoms with Crippen LogP contribution in [0.25, 0.3) is 32.8 Å². The van der Waals surface area contributed by atoms with Crippen LogP contribution in [0, 0.1) is 0 Å². The Hall–Kier alpha value is -4.18. The highest BCUT2D eigenvalue weighted by Crippen LogP contribution is 2.26. The van der Waals surface area contributed by atoms with E-state index in [1.54, 1.807) is 6.07 Å². The largest absolute Gasteiger partial charge is 0.322 e. The lowest BCUT2D eigenvalue weighted by Gasteiger charge is -2.11. The molecule has 5 rings (SSSR count). The second-order valence-electron chi connectivity index (χ2n) is 7.13. The molecule has 1 aromatic heterocycles. The monoisotopic (exact) mass is 390 g/mol. The molecule has 4 aromatic carbocycles. The lowest BCUT2D eigenvalue weighted by atomic mass is 9.99. The average molecular weight is 390 g/mol. The zero-order valence-corrected chi connectivity index (χ0v) is 16.1. The zero-order valence-electron chi connectivity index (χ0n) is 16.1. The summed E-state index contributed by atoms with van der Waals surface area (Å²) in [6.45, 7) is 0. The molecule has 5 aromatic rings. The summed E-state index contributed by atoms with van der Waals surface area (Å²) in [5, 5.41) is 5.45. The molecule has 2 N–H and O–H groups in total. The lowest BCUT2D eigenvalue weighted by Crippen LogP contribution is -2.13. The number of carbonyl (C=O) groups excluding carboxylic acids is 1. The van der Waals surface area contributed by atoms with Gasteiger partial charge in [0.05, 0.1) is 5.52 Å². The van der Waals surface area contributed by atoms with E-state index in [2.05, 4.69) is 10.3 Å². The summed E-state index contributed by atoms with van der Waals surface area (Å²) in [6.07, 6.45) is 0. The molecule has 0 saturated carbocycles. The summed E-state index contributed by atoms with van der Waals surface area (Å²) in [5.74, 6) is -0.197. The molecule has 0 saturated heterocycles. The van der Waals surface area contributed by atoms with Crippen LogP contribution in [0.5, 0.6) is 0 Å². The Morgan fingerprint density at radius 1 is 0.700 bits per heavy atom. The van der Waals surface area contributed by atoms with E-state index in [-0.39, 0.29) is 11.5 Å². The van der Waals surface area contributed by atoms with Gasteiger partial charge in [-0.05, 0) is 40.8 Å². The quantitative estimate of drug-likeness (QED) is 0.394. The van der Waals surface area contributed by atoms with Gasteiger partial charge in [0, 0.05) is 22.0 Å². The summed E-state index contributed by atoms with van der Waals surface area (Å²) >= 11 is 0. The highest BCUT2D eigenvalue weighted by atomic mass is 16.1. The Morgan fingerprint density at radius 2 is 1.40 bits per heavy atom. The van der Waals surface area contributed by atoms with Gasteiger partial charge in [0.2, 0.25) is 0 Å². The predicted octanol–water partition coefficient (Wildman–Crippen LogP) is 5.60. The summed E-state index contributed by atoms with van der Waals surface area (Å²) in [5.41, 5.74) is 3.62. The van der Waals surface area contributed by atoms with Gasteiger partial charge >= 0.3 is 0 Å². The van der Waals surface area contributed by atoms with Crippen molar-refractivity contribution in [1.82, 2.24) is 4.98 Å². The number of benzene rings is 4. The van der Waals surface area contributed by atoms with Gasteiger partial charge in [-0.3, -0.25) is 9.59 Å². The third-order valence-corrected chi connectivity index (χ3v) is 5.24. The van der Waals surface area contributed by atoms with E-state index in [4.69, 9.17) is 0 Å². The Kier molecular flexibility index (Phi) is 4.37. The molecule has 1 amide bonds. The minimum Gasteiger partial charge on any atom is -0.322 e. The van der Waals surface area contributed by atoms with Crippen LogP contribution in [0.2, 0.25) is 0 Å². The van der Waals surface area contributed by atoms with Crippen LogP contribution in [0.15, 0.2) is 102 Å². The van der Waals surface area contributed by atoms with E-state index in [0.717, 1.165) is 21.9 Å². The number of aromatic nitrogens is 1. The standard InChI is InChI=1S/C26H18N2O2/c29-25(22-12-6-4-10-19(22)17-8-2-1-3-9-17)27-18-14-15-21-20-11-5-7-13-23(20)26(30)28-24(21)16-18/h1-16H,(H,27,29)(H,28,30). The Balaban J connectivity index is 1.53. The third-order valence-electron chi connectivity index (χ3n) is 5.24. The van der Waals surface area contributed by atoms with Crippen LogP contribution in [0.1, 0.15) is 10.4 Å². The van der Waals surface area contributed by atoms with Gasteiger partial charge < -0.3 is 10.3 Å². The van der Waals surface area contributed by atoms with Crippen molar-refractivity contribution in [2.24, 2.45) is 0 Å². The van der Waals surface area contributed by atoms with E-state index < -0.39 is 0 Å². The first-order valence-corrected chi connectivity index (χ1v) is 9.71. The molecule has 1 heterocycles. The Labute approximate surface area is 172 Å². The zero-order chi connectivity index (χ0) is 20.5. The van der Waals surface area contributed by atoms with Gasteiger partial charge in [0.1, 0.15) is 0 Å². The average Bonchev–Trinajstić information content (AvgIpc) is 2.80. The maximum absolute atomic E-state index is 13.0. The summed E-state index contributed by atoms with van der Waals surface area (Å²) in [6, 6.07) is 30.4. The predicted molar refractivity (Wildman–Crippen MR) is 122 cm³/mol. The number of fused-ring (bicyclic) bond motifs is 3. The Morgan fingerprint density at radius 3 is 2.23 bits per heavy atom. The SMILES string of the molecule is O=C(Nc1ccc2c(c1)[nH]c(=O)c1ccccc12)c1ccccc1-c1ccccc1. The van der Waals surface area contributed by atoms with Gasteiger partial charge in [0.15, 0.2) is 0 Å². The Bertz CT molecular complexity index is 1450. The molecule has 4 heteroatoms. The van der Waals surface area contributed by atoms with Crippen LogP contribution >= 0.6 is 0 Å². The number of carbonyl (C=O) groups is 1. The minimum absolute atomic E-state index is 0.143. The fourth-order valence-electron chi connectivity index (χ4n) is 3.81.